The standard InChI is InChI=1S/C16H23FN2O2/c1-11(2)8-12-4-3-5-14(9-12)18-15-10-13(17)6-7-16(15)19(20)21/h6-7,10-12,14,18H,3-5,8-9H2,1-2H3. The Labute approximate surface area is 124 Å². The van der Waals surface area contributed by atoms with Crippen LogP contribution >= 0.6 is 0 Å². The predicted octanol–water partition coefficient (Wildman–Crippen LogP) is 4.75. The van der Waals surface area contributed by atoms with Gasteiger partial charge in [0.15, 0.2) is 0 Å². The highest BCUT2D eigenvalue weighted by Crippen LogP contribution is 2.33. The van der Waals surface area contributed by atoms with E-state index in [1.807, 2.05) is 0 Å². The first-order valence-electron chi connectivity index (χ1n) is 7.66. The Hall–Kier alpha value is -1.65. The molecule has 0 aromatic heterocycles. The summed E-state index contributed by atoms with van der Waals surface area (Å²) < 4.78 is 13.4. The summed E-state index contributed by atoms with van der Waals surface area (Å²) in [7, 11) is 0. The smallest absolute Gasteiger partial charge is 0.292 e. The molecule has 2 rings (SSSR count). The predicted molar refractivity (Wildman–Crippen MR) is 81.9 cm³/mol. The summed E-state index contributed by atoms with van der Waals surface area (Å²) in [4.78, 5) is 10.6. The van der Waals surface area contributed by atoms with E-state index in [1.165, 1.54) is 25.0 Å². The summed E-state index contributed by atoms with van der Waals surface area (Å²) in [6.07, 6.45) is 5.53. The van der Waals surface area contributed by atoms with Gasteiger partial charge < -0.3 is 5.32 Å². The third-order valence-electron chi connectivity index (χ3n) is 4.10. The van der Waals surface area contributed by atoms with E-state index in [2.05, 4.69) is 19.2 Å². The molecule has 1 fully saturated rings. The topological polar surface area (TPSA) is 55.2 Å². The van der Waals surface area contributed by atoms with Crippen LogP contribution in [0.15, 0.2) is 18.2 Å². The lowest BCUT2D eigenvalue weighted by Crippen LogP contribution is -2.28. The fourth-order valence-corrected chi connectivity index (χ4v) is 3.31. The molecule has 21 heavy (non-hydrogen) atoms. The second-order valence-corrected chi connectivity index (χ2v) is 6.42. The molecule has 1 aromatic rings. The van der Waals surface area contributed by atoms with Crippen molar-refractivity contribution in [2.24, 2.45) is 11.8 Å². The SMILES string of the molecule is CC(C)CC1CCCC(Nc2cc(F)ccc2[N+](=O)[O-])C1. The number of rotatable bonds is 5. The van der Waals surface area contributed by atoms with Gasteiger partial charge in [0.1, 0.15) is 11.5 Å². The molecule has 0 heterocycles. The number of nitrogens with one attached hydrogen (secondary N) is 1. The van der Waals surface area contributed by atoms with E-state index in [9.17, 15) is 14.5 Å². The highest BCUT2D eigenvalue weighted by molar-refractivity contribution is 5.61. The molecule has 5 heteroatoms. The van der Waals surface area contributed by atoms with Gasteiger partial charge in [0.2, 0.25) is 0 Å². The van der Waals surface area contributed by atoms with Crippen LogP contribution in [-0.4, -0.2) is 11.0 Å². The van der Waals surface area contributed by atoms with Crippen LogP contribution in [0.3, 0.4) is 0 Å². The van der Waals surface area contributed by atoms with E-state index in [4.69, 9.17) is 0 Å². The molecule has 4 nitrogen and oxygen atoms in total. The zero-order valence-corrected chi connectivity index (χ0v) is 12.6. The lowest BCUT2D eigenvalue weighted by Gasteiger charge is -2.31. The van der Waals surface area contributed by atoms with Crippen LogP contribution in [0, 0.1) is 27.8 Å². The van der Waals surface area contributed by atoms with Crippen LogP contribution in [0.4, 0.5) is 15.8 Å². The molecule has 0 saturated heterocycles. The van der Waals surface area contributed by atoms with Crippen molar-refractivity contribution in [1.82, 2.24) is 0 Å². The maximum absolute atomic E-state index is 13.4. The fourth-order valence-electron chi connectivity index (χ4n) is 3.31. The van der Waals surface area contributed by atoms with Crippen molar-refractivity contribution in [2.75, 3.05) is 5.32 Å². The first-order chi connectivity index (χ1) is 9.95. The number of nitro groups is 1. The average molecular weight is 294 g/mol. The second-order valence-electron chi connectivity index (χ2n) is 6.42. The summed E-state index contributed by atoms with van der Waals surface area (Å²) in [5, 5.41) is 14.2. The van der Waals surface area contributed by atoms with Crippen LogP contribution < -0.4 is 5.32 Å². The largest absolute Gasteiger partial charge is 0.377 e. The van der Waals surface area contributed by atoms with Crippen molar-refractivity contribution in [3.63, 3.8) is 0 Å². The number of benzene rings is 1. The Bertz CT molecular complexity index is 505. The molecule has 1 saturated carbocycles. The molecule has 0 spiro atoms. The van der Waals surface area contributed by atoms with Crippen molar-refractivity contribution >= 4 is 11.4 Å². The van der Waals surface area contributed by atoms with Gasteiger partial charge in [-0.2, -0.15) is 0 Å². The Morgan fingerprint density at radius 1 is 1.43 bits per heavy atom. The average Bonchev–Trinajstić information content (AvgIpc) is 2.38. The number of anilines is 1. The van der Waals surface area contributed by atoms with Gasteiger partial charge in [-0.3, -0.25) is 10.1 Å². The van der Waals surface area contributed by atoms with E-state index in [1.54, 1.807) is 0 Å². The van der Waals surface area contributed by atoms with Crippen molar-refractivity contribution < 1.29 is 9.31 Å². The lowest BCUT2D eigenvalue weighted by atomic mass is 9.81. The van der Waals surface area contributed by atoms with Crippen LogP contribution in [0.25, 0.3) is 0 Å². The van der Waals surface area contributed by atoms with Crippen LogP contribution in [0.1, 0.15) is 46.0 Å². The van der Waals surface area contributed by atoms with Gasteiger partial charge in [0.25, 0.3) is 5.69 Å². The first-order valence-corrected chi connectivity index (χ1v) is 7.66. The molecule has 1 N–H and O–H groups in total. The van der Waals surface area contributed by atoms with Crippen LogP contribution in [0.5, 0.6) is 0 Å². The number of halogens is 1. The molecular formula is C16H23FN2O2. The summed E-state index contributed by atoms with van der Waals surface area (Å²) in [6.45, 7) is 4.43. The maximum Gasteiger partial charge on any atom is 0.292 e. The monoisotopic (exact) mass is 294 g/mol. The van der Waals surface area contributed by atoms with E-state index in [0.717, 1.165) is 25.3 Å². The zero-order chi connectivity index (χ0) is 15.4. The quantitative estimate of drug-likeness (QED) is 0.629. The number of hydrogen-bond acceptors (Lipinski definition) is 3. The molecule has 0 bridgehead atoms. The summed E-state index contributed by atoms with van der Waals surface area (Å²) in [5.74, 6) is 0.874. The molecule has 1 aromatic carbocycles. The second kappa shape index (κ2) is 6.87. The van der Waals surface area contributed by atoms with E-state index in [0.29, 0.717) is 17.5 Å². The van der Waals surface area contributed by atoms with Gasteiger partial charge >= 0.3 is 0 Å². The lowest BCUT2D eigenvalue weighted by molar-refractivity contribution is -0.384. The normalized spacial score (nSPS) is 22.3. The molecular weight excluding hydrogens is 271 g/mol. The van der Waals surface area contributed by atoms with Crippen LogP contribution in [0.2, 0.25) is 0 Å². The number of nitrogens with zero attached hydrogens (tertiary/aromatic N) is 1. The molecule has 1 aliphatic carbocycles. The van der Waals surface area contributed by atoms with E-state index in [-0.39, 0.29) is 11.7 Å². The van der Waals surface area contributed by atoms with E-state index >= 15 is 0 Å². The maximum atomic E-state index is 13.4. The van der Waals surface area contributed by atoms with Gasteiger partial charge in [0.05, 0.1) is 4.92 Å². The van der Waals surface area contributed by atoms with Crippen molar-refractivity contribution in [3.05, 3.63) is 34.1 Å². The van der Waals surface area contributed by atoms with Gasteiger partial charge in [-0.25, -0.2) is 4.39 Å². The van der Waals surface area contributed by atoms with Crippen LogP contribution in [-0.2, 0) is 0 Å². The Morgan fingerprint density at radius 2 is 2.19 bits per heavy atom. The summed E-state index contributed by atoms with van der Waals surface area (Å²) in [6, 6.07) is 3.78. The molecule has 0 amide bonds. The van der Waals surface area contributed by atoms with Gasteiger partial charge in [0, 0.05) is 18.2 Å². The third-order valence-corrected chi connectivity index (χ3v) is 4.10. The van der Waals surface area contributed by atoms with Gasteiger partial charge in [-0.15, -0.1) is 0 Å². The van der Waals surface area contributed by atoms with Gasteiger partial charge in [-0.1, -0.05) is 26.7 Å². The zero-order valence-electron chi connectivity index (χ0n) is 12.6. The van der Waals surface area contributed by atoms with Gasteiger partial charge in [-0.05, 0) is 37.2 Å². The highest BCUT2D eigenvalue weighted by atomic mass is 19.1. The molecule has 0 radical (unpaired) electrons. The fraction of sp³-hybridized carbons (Fsp3) is 0.625. The summed E-state index contributed by atoms with van der Waals surface area (Å²) in [5.41, 5.74) is 0.248. The third kappa shape index (κ3) is 4.41. The Kier molecular flexibility index (Phi) is 5.15. The molecule has 2 unspecified atom stereocenters. The molecule has 1 aliphatic rings. The van der Waals surface area contributed by atoms with Crippen molar-refractivity contribution in [3.8, 4) is 0 Å². The Balaban J connectivity index is 2.07. The number of hydrogen-bond donors (Lipinski definition) is 1. The number of nitro benzene ring substituents is 1. The van der Waals surface area contributed by atoms with E-state index < -0.39 is 10.7 Å². The summed E-state index contributed by atoms with van der Waals surface area (Å²) >= 11 is 0. The molecule has 116 valence electrons. The Morgan fingerprint density at radius 3 is 2.86 bits per heavy atom. The molecule has 0 aliphatic heterocycles. The minimum Gasteiger partial charge on any atom is -0.377 e. The minimum absolute atomic E-state index is 0.0533. The first kappa shape index (κ1) is 15.7. The van der Waals surface area contributed by atoms with Crippen molar-refractivity contribution in [1.29, 1.82) is 0 Å². The van der Waals surface area contributed by atoms with Crippen molar-refractivity contribution in [2.45, 2.75) is 52.0 Å². The minimum atomic E-state index is -0.462. The highest BCUT2D eigenvalue weighted by Gasteiger charge is 2.24. The molecule has 2 atom stereocenters.